The SMILES string of the molecule is CC(N)Cc1nccc(-c2csc3ccccc23)n1. The van der Waals surface area contributed by atoms with Crippen molar-refractivity contribution in [3.05, 3.63) is 47.7 Å². The molecule has 96 valence electrons. The van der Waals surface area contributed by atoms with Gasteiger partial charge in [-0.1, -0.05) is 18.2 Å². The van der Waals surface area contributed by atoms with Crippen LogP contribution in [0.3, 0.4) is 0 Å². The highest BCUT2D eigenvalue weighted by molar-refractivity contribution is 7.17. The second-order valence-electron chi connectivity index (χ2n) is 4.69. The predicted molar refractivity (Wildman–Crippen MR) is 80.2 cm³/mol. The molecule has 4 heteroatoms. The quantitative estimate of drug-likeness (QED) is 0.794. The number of fused-ring (bicyclic) bond motifs is 1. The van der Waals surface area contributed by atoms with E-state index in [2.05, 4.69) is 39.6 Å². The molecule has 0 saturated heterocycles. The van der Waals surface area contributed by atoms with Crippen molar-refractivity contribution >= 4 is 21.4 Å². The van der Waals surface area contributed by atoms with Crippen LogP contribution in [0, 0.1) is 0 Å². The van der Waals surface area contributed by atoms with Gasteiger partial charge in [0.05, 0.1) is 5.69 Å². The van der Waals surface area contributed by atoms with E-state index in [1.165, 1.54) is 15.6 Å². The molecular formula is C15H15N3S. The van der Waals surface area contributed by atoms with Crippen LogP contribution < -0.4 is 5.73 Å². The van der Waals surface area contributed by atoms with Gasteiger partial charge in [0.2, 0.25) is 0 Å². The second-order valence-corrected chi connectivity index (χ2v) is 5.60. The van der Waals surface area contributed by atoms with Gasteiger partial charge >= 0.3 is 0 Å². The molecule has 19 heavy (non-hydrogen) atoms. The highest BCUT2D eigenvalue weighted by Crippen LogP contribution is 2.32. The Hall–Kier alpha value is -1.78. The lowest BCUT2D eigenvalue weighted by Gasteiger charge is -2.05. The third-order valence-corrected chi connectivity index (χ3v) is 3.93. The number of nitrogens with zero attached hydrogens (tertiary/aromatic N) is 2. The molecule has 0 saturated carbocycles. The zero-order chi connectivity index (χ0) is 13.2. The van der Waals surface area contributed by atoms with Gasteiger partial charge in [-0.15, -0.1) is 11.3 Å². The van der Waals surface area contributed by atoms with Crippen molar-refractivity contribution in [2.45, 2.75) is 19.4 Å². The minimum Gasteiger partial charge on any atom is -0.328 e. The Balaban J connectivity index is 2.06. The van der Waals surface area contributed by atoms with Crippen molar-refractivity contribution in [3.8, 4) is 11.3 Å². The summed E-state index contributed by atoms with van der Waals surface area (Å²) in [5, 5.41) is 3.40. The Bertz CT molecular complexity index is 703. The maximum Gasteiger partial charge on any atom is 0.130 e. The van der Waals surface area contributed by atoms with Crippen LogP contribution in [-0.2, 0) is 6.42 Å². The van der Waals surface area contributed by atoms with Crippen LogP contribution in [0.5, 0.6) is 0 Å². The van der Waals surface area contributed by atoms with Crippen molar-refractivity contribution < 1.29 is 0 Å². The van der Waals surface area contributed by atoms with Gasteiger partial charge < -0.3 is 5.73 Å². The molecule has 1 atom stereocenters. The van der Waals surface area contributed by atoms with Crippen LogP contribution in [0.25, 0.3) is 21.3 Å². The number of benzene rings is 1. The molecule has 3 nitrogen and oxygen atoms in total. The molecule has 3 rings (SSSR count). The molecule has 1 aromatic carbocycles. The van der Waals surface area contributed by atoms with Crippen molar-refractivity contribution in [3.63, 3.8) is 0 Å². The van der Waals surface area contributed by atoms with Gasteiger partial charge in [-0.2, -0.15) is 0 Å². The molecule has 0 aliphatic carbocycles. The summed E-state index contributed by atoms with van der Waals surface area (Å²) >= 11 is 1.74. The molecule has 2 aromatic heterocycles. The van der Waals surface area contributed by atoms with Crippen molar-refractivity contribution in [1.29, 1.82) is 0 Å². The van der Waals surface area contributed by atoms with Gasteiger partial charge in [-0.25, -0.2) is 9.97 Å². The van der Waals surface area contributed by atoms with Crippen LogP contribution in [0.4, 0.5) is 0 Å². The fourth-order valence-corrected chi connectivity index (χ4v) is 3.07. The number of rotatable bonds is 3. The zero-order valence-corrected chi connectivity index (χ0v) is 11.5. The van der Waals surface area contributed by atoms with E-state index in [0.717, 1.165) is 11.5 Å². The first-order chi connectivity index (χ1) is 9.24. The normalized spacial score (nSPS) is 12.7. The highest BCUT2D eigenvalue weighted by atomic mass is 32.1. The maximum atomic E-state index is 5.81. The van der Waals surface area contributed by atoms with Crippen LogP contribution in [0.2, 0.25) is 0 Å². The lowest BCUT2D eigenvalue weighted by atomic mass is 10.1. The van der Waals surface area contributed by atoms with E-state index in [1.807, 2.05) is 19.2 Å². The maximum absolute atomic E-state index is 5.81. The second kappa shape index (κ2) is 5.07. The zero-order valence-electron chi connectivity index (χ0n) is 10.7. The Kier molecular flexibility index (Phi) is 3.27. The van der Waals surface area contributed by atoms with Gasteiger partial charge in [0.15, 0.2) is 0 Å². The fourth-order valence-electron chi connectivity index (χ4n) is 2.11. The molecule has 0 amide bonds. The number of nitrogens with two attached hydrogens (primary N) is 1. The summed E-state index contributed by atoms with van der Waals surface area (Å²) in [5.41, 5.74) is 7.96. The van der Waals surface area contributed by atoms with Crippen LogP contribution in [0.1, 0.15) is 12.7 Å². The highest BCUT2D eigenvalue weighted by Gasteiger charge is 2.09. The monoisotopic (exact) mass is 269 g/mol. The summed E-state index contributed by atoms with van der Waals surface area (Å²) < 4.78 is 1.28. The minimum atomic E-state index is 0.0782. The first kappa shape index (κ1) is 12.3. The summed E-state index contributed by atoms with van der Waals surface area (Å²) in [6, 6.07) is 10.4. The van der Waals surface area contributed by atoms with Crippen molar-refractivity contribution in [2.75, 3.05) is 0 Å². The number of thiophene rings is 1. The molecule has 0 radical (unpaired) electrons. The summed E-state index contributed by atoms with van der Waals surface area (Å²) in [5.74, 6) is 0.808. The average Bonchev–Trinajstić information content (AvgIpc) is 2.82. The number of hydrogen-bond donors (Lipinski definition) is 1. The molecule has 0 bridgehead atoms. The molecule has 3 aromatic rings. The predicted octanol–water partition coefficient (Wildman–Crippen LogP) is 3.25. The van der Waals surface area contributed by atoms with Crippen molar-refractivity contribution in [1.82, 2.24) is 9.97 Å². The van der Waals surface area contributed by atoms with Gasteiger partial charge in [0, 0.05) is 39.7 Å². The van der Waals surface area contributed by atoms with Crippen molar-refractivity contribution in [2.24, 2.45) is 5.73 Å². The molecule has 0 spiro atoms. The molecule has 0 aliphatic heterocycles. The van der Waals surface area contributed by atoms with Gasteiger partial charge in [-0.05, 0) is 19.1 Å². The molecular weight excluding hydrogens is 254 g/mol. The molecule has 0 aliphatic rings. The lowest BCUT2D eigenvalue weighted by Crippen LogP contribution is -2.19. The molecule has 0 fully saturated rings. The minimum absolute atomic E-state index is 0.0782. The first-order valence-corrected chi connectivity index (χ1v) is 7.16. The Morgan fingerprint density at radius 2 is 2.11 bits per heavy atom. The van der Waals surface area contributed by atoms with Crippen LogP contribution in [0.15, 0.2) is 41.9 Å². The van der Waals surface area contributed by atoms with E-state index in [-0.39, 0.29) is 6.04 Å². The smallest absolute Gasteiger partial charge is 0.130 e. The van der Waals surface area contributed by atoms with E-state index in [4.69, 9.17) is 5.73 Å². The Labute approximate surface area is 116 Å². The number of aromatic nitrogens is 2. The average molecular weight is 269 g/mol. The summed E-state index contributed by atoms with van der Waals surface area (Å²) in [4.78, 5) is 8.90. The molecule has 2 N–H and O–H groups in total. The van der Waals surface area contributed by atoms with Gasteiger partial charge in [0.1, 0.15) is 5.82 Å². The summed E-state index contributed by atoms with van der Waals surface area (Å²) in [7, 11) is 0. The Morgan fingerprint density at radius 3 is 2.95 bits per heavy atom. The molecule has 2 heterocycles. The van der Waals surface area contributed by atoms with E-state index in [9.17, 15) is 0 Å². The lowest BCUT2D eigenvalue weighted by molar-refractivity contribution is 0.702. The first-order valence-electron chi connectivity index (χ1n) is 6.28. The fraction of sp³-hybridized carbons (Fsp3) is 0.200. The third-order valence-electron chi connectivity index (χ3n) is 2.97. The van der Waals surface area contributed by atoms with Gasteiger partial charge in [0.25, 0.3) is 0 Å². The summed E-state index contributed by atoms with van der Waals surface area (Å²) in [6.45, 7) is 1.97. The summed E-state index contributed by atoms with van der Waals surface area (Å²) in [6.07, 6.45) is 2.52. The topological polar surface area (TPSA) is 51.8 Å². The number of hydrogen-bond acceptors (Lipinski definition) is 4. The van der Waals surface area contributed by atoms with Crippen LogP contribution >= 0.6 is 11.3 Å². The van der Waals surface area contributed by atoms with Gasteiger partial charge in [-0.3, -0.25) is 0 Å². The van der Waals surface area contributed by atoms with E-state index in [1.54, 1.807) is 11.3 Å². The standard InChI is InChI=1S/C15H15N3S/c1-10(16)8-15-17-7-6-13(18-15)12-9-19-14-5-3-2-4-11(12)14/h2-7,9-10H,8,16H2,1H3. The largest absolute Gasteiger partial charge is 0.328 e. The van der Waals surface area contributed by atoms with Crippen LogP contribution in [-0.4, -0.2) is 16.0 Å². The van der Waals surface area contributed by atoms with E-state index >= 15 is 0 Å². The Morgan fingerprint density at radius 1 is 1.26 bits per heavy atom. The van der Waals surface area contributed by atoms with E-state index < -0.39 is 0 Å². The third kappa shape index (κ3) is 2.50. The molecule has 1 unspecified atom stereocenters. The van der Waals surface area contributed by atoms with E-state index in [0.29, 0.717) is 6.42 Å².